The summed E-state index contributed by atoms with van der Waals surface area (Å²) in [5, 5.41) is 4.59. The van der Waals surface area contributed by atoms with Crippen molar-refractivity contribution in [1.82, 2.24) is 25.2 Å². The van der Waals surface area contributed by atoms with Gasteiger partial charge in [-0.15, -0.1) is 0 Å². The number of Topliss-reactive ketones (excluding diaryl/α,β-unsaturated/α-hetero) is 1. The van der Waals surface area contributed by atoms with Crippen molar-refractivity contribution < 1.29 is 51.0 Å². The van der Waals surface area contributed by atoms with Crippen LogP contribution in [0.4, 0.5) is 14.0 Å². The summed E-state index contributed by atoms with van der Waals surface area (Å²) in [6, 6.07) is 1.86. The molecule has 2 unspecified atom stereocenters. The summed E-state index contributed by atoms with van der Waals surface area (Å²) in [6.45, 7) is 9.78. The van der Waals surface area contributed by atoms with Crippen LogP contribution in [0.5, 0.6) is 0 Å². The maximum Gasteiger partial charge on any atom is 0.410 e. The van der Waals surface area contributed by atoms with E-state index in [-0.39, 0.29) is 57.0 Å². The Labute approximate surface area is 314 Å². The normalized spacial score (nSPS) is 24.3. The van der Waals surface area contributed by atoms with Crippen molar-refractivity contribution in [2.24, 2.45) is 5.92 Å². The van der Waals surface area contributed by atoms with Gasteiger partial charge in [-0.1, -0.05) is 31.6 Å². The Hall–Kier alpha value is -4.54. The van der Waals surface area contributed by atoms with Gasteiger partial charge in [0.2, 0.25) is 21.8 Å². The molecule has 296 valence electrons. The Morgan fingerprint density at radius 2 is 1.81 bits per heavy atom. The topological polar surface area (TPSA) is 198 Å². The van der Waals surface area contributed by atoms with Crippen LogP contribution in [0, 0.1) is 11.7 Å². The second-order valence-corrected chi connectivity index (χ2v) is 17.5. The van der Waals surface area contributed by atoms with E-state index >= 15 is 0 Å². The molecular weight excluding hydrogens is 725 g/mol. The number of nitrogens with one attached hydrogen (secondary N) is 3. The highest BCUT2D eigenvalue weighted by Crippen LogP contribution is 2.47. The number of ketones is 1. The zero-order valence-electron chi connectivity index (χ0n) is 31.5. The van der Waals surface area contributed by atoms with Crippen LogP contribution in [0.3, 0.4) is 0 Å². The fraction of sp³-hybridized carbons (Fsp3) is 0.622. The van der Waals surface area contributed by atoms with Crippen LogP contribution >= 0.6 is 0 Å². The molecule has 1 aromatic rings. The number of alkyl carbamates (subject to hydrolysis) is 1. The molecule has 4 aliphatic rings. The number of benzene rings is 1. The molecule has 54 heavy (non-hydrogen) atoms. The zero-order valence-corrected chi connectivity index (χ0v) is 32.3. The fourth-order valence-corrected chi connectivity index (χ4v) is 8.30. The van der Waals surface area contributed by atoms with E-state index in [1.807, 2.05) is 0 Å². The maximum atomic E-state index is 14.4. The SMILES string of the molecule is C/C=C(\C)C(=O)CC[C@H](NC(=O)OC(C)(C)C)C(=O)N1C[C@H](OC(=O)N2Cc3cccc(F)c3C2)CC1C(=O)N[C@]1(C(=O)NS(=O)(=O)C2CC2)CC1CC. The van der Waals surface area contributed by atoms with E-state index in [1.165, 1.54) is 11.0 Å². The molecule has 5 rings (SSSR count). The number of hydrogen-bond donors (Lipinski definition) is 3. The van der Waals surface area contributed by atoms with Gasteiger partial charge in [0.25, 0.3) is 5.91 Å². The number of hydrogen-bond acceptors (Lipinski definition) is 10. The fourth-order valence-electron chi connectivity index (χ4n) is 6.94. The summed E-state index contributed by atoms with van der Waals surface area (Å²) in [4.78, 5) is 83.6. The molecule has 2 aliphatic heterocycles. The van der Waals surface area contributed by atoms with Gasteiger partial charge < -0.3 is 25.0 Å². The largest absolute Gasteiger partial charge is 0.444 e. The lowest BCUT2D eigenvalue weighted by Crippen LogP contribution is -2.58. The number of carbonyl (C=O) groups is 6. The third-order valence-corrected chi connectivity index (χ3v) is 12.2. The molecule has 3 fully saturated rings. The lowest BCUT2D eigenvalue weighted by atomic mass is 10.0. The minimum Gasteiger partial charge on any atom is -0.444 e. The predicted octanol–water partition coefficient (Wildman–Crippen LogP) is 3.35. The monoisotopic (exact) mass is 775 g/mol. The molecule has 2 aliphatic carbocycles. The van der Waals surface area contributed by atoms with E-state index in [4.69, 9.17) is 9.47 Å². The van der Waals surface area contributed by atoms with E-state index in [2.05, 4.69) is 15.4 Å². The van der Waals surface area contributed by atoms with Crippen molar-refractivity contribution in [3.8, 4) is 0 Å². The first-order valence-electron chi connectivity index (χ1n) is 18.3. The van der Waals surface area contributed by atoms with Crippen molar-refractivity contribution in [2.45, 2.75) is 134 Å². The van der Waals surface area contributed by atoms with Crippen molar-refractivity contribution in [1.29, 1.82) is 0 Å². The molecule has 0 bridgehead atoms. The highest BCUT2D eigenvalue weighted by Gasteiger charge is 2.62. The lowest BCUT2D eigenvalue weighted by Gasteiger charge is -2.30. The van der Waals surface area contributed by atoms with Gasteiger partial charge in [0.05, 0.1) is 18.3 Å². The van der Waals surface area contributed by atoms with Gasteiger partial charge in [-0.3, -0.25) is 28.8 Å². The van der Waals surface area contributed by atoms with Gasteiger partial charge in [0.15, 0.2) is 5.78 Å². The third kappa shape index (κ3) is 9.21. The average Bonchev–Trinajstić information content (AvgIpc) is 3.99. The summed E-state index contributed by atoms with van der Waals surface area (Å²) in [6.07, 6.45) is -0.170. The summed E-state index contributed by atoms with van der Waals surface area (Å²) >= 11 is 0. The number of nitrogens with zero attached hydrogens (tertiary/aromatic N) is 2. The van der Waals surface area contributed by atoms with Crippen LogP contribution in [-0.4, -0.2) is 95.0 Å². The molecule has 3 N–H and O–H groups in total. The Morgan fingerprint density at radius 1 is 1.11 bits per heavy atom. The van der Waals surface area contributed by atoms with Gasteiger partial charge >= 0.3 is 12.2 Å². The lowest BCUT2D eigenvalue weighted by molar-refractivity contribution is -0.141. The van der Waals surface area contributed by atoms with Gasteiger partial charge in [0, 0.05) is 24.9 Å². The molecule has 2 heterocycles. The number of carbonyl (C=O) groups excluding carboxylic acids is 6. The molecule has 5 amide bonds. The molecule has 15 nitrogen and oxygen atoms in total. The van der Waals surface area contributed by atoms with Crippen molar-refractivity contribution in [3.05, 3.63) is 46.8 Å². The van der Waals surface area contributed by atoms with E-state index < -0.39 is 80.3 Å². The van der Waals surface area contributed by atoms with Crippen LogP contribution in [0.25, 0.3) is 0 Å². The minimum atomic E-state index is -3.94. The number of rotatable bonds is 13. The van der Waals surface area contributed by atoms with Crippen LogP contribution < -0.4 is 15.4 Å². The summed E-state index contributed by atoms with van der Waals surface area (Å²) in [5.41, 5.74) is -1.04. The average molecular weight is 776 g/mol. The van der Waals surface area contributed by atoms with E-state index in [9.17, 15) is 41.6 Å². The number of likely N-dealkylation sites (tertiary alicyclic amines) is 1. The quantitative estimate of drug-likeness (QED) is 0.250. The zero-order chi connectivity index (χ0) is 39.7. The molecule has 17 heteroatoms. The Morgan fingerprint density at radius 3 is 2.41 bits per heavy atom. The predicted molar refractivity (Wildman–Crippen MR) is 192 cm³/mol. The Bertz CT molecular complexity index is 1840. The maximum absolute atomic E-state index is 14.4. The number of halogens is 1. The molecular formula is C37H50FN5O10S. The molecule has 0 spiro atoms. The van der Waals surface area contributed by atoms with Gasteiger partial charge in [-0.25, -0.2) is 22.4 Å². The van der Waals surface area contributed by atoms with Crippen molar-refractivity contribution in [3.63, 3.8) is 0 Å². The number of allylic oxidation sites excluding steroid dienone is 2. The van der Waals surface area contributed by atoms with E-state index in [0.717, 1.165) is 4.90 Å². The van der Waals surface area contributed by atoms with Crippen LogP contribution in [0.2, 0.25) is 0 Å². The second kappa shape index (κ2) is 15.7. The van der Waals surface area contributed by atoms with Crippen LogP contribution in [0.15, 0.2) is 29.8 Å². The van der Waals surface area contributed by atoms with E-state index in [0.29, 0.717) is 36.0 Å². The molecule has 0 aromatic heterocycles. The van der Waals surface area contributed by atoms with Gasteiger partial charge in [-0.05, 0) is 83.4 Å². The highest BCUT2D eigenvalue weighted by atomic mass is 32.2. The van der Waals surface area contributed by atoms with Crippen LogP contribution in [-0.2, 0) is 51.8 Å². The smallest absolute Gasteiger partial charge is 0.410 e. The van der Waals surface area contributed by atoms with E-state index in [1.54, 1.807) is 59.8 Å². The second-order valence-electron chi connectivity index (χ2n) is 15.6. The summed E-state index contributed by atoms with van der Waals surface area (Å²) in [7, 11) is -3.94. The summed E-state index contributed by atoms with van der Waals surface area (Å²) in [5.74, 6) is -3.52. The number of amides is 5. The van der Waals surface area contributed by atoms with Crippen molar-refractivity contribution >= 4 is 45.7 Å². The first kappa shape index (κ1) is 40.6. The minimum absolute atomic E-state index is 0.0402. The first-order chi connectivity index (χ1) is 25.3. The highest BCUT2D eigenvalue weighted by molar-refractivity contribution is 7.91. The molecule has 1 saturated heterocycles. The molecule has 0 radical (unpaired) electrons. The third-order valence-electron chi connectivity index (χ3n) is 10.4. The number of fused-ring (bicyclic) bond motifs is 1. The van der Waals surface area contributed by atoms with Crippen LogP contribution in [0.1, 0.15) is 97.6 Å². The number of sulfonamides is 1. The van der Waals surface area contributed by atoms with Crippen molar-refractivity contribution in [2.75, 3.05) is 6.54 Å². The molecule has 5 atom stereocenters. The van der Waals surface area contributed by atoms with Gasteiger partial charge in [-0.2, -0.15) is 0 Å². The molecule has 1 aromatic carbocycles. The summed E-state index contributed by atoms with van der Waals surface area (Å²) < 4.78 is 53.1. The Kier molecular flexibility index (Phi) is 11.8. The van der Waals surface area contributed by atoms with Gasteiger partial charge in [0.1, 0.15) is 35.1 Å². The number of ether oxygens (including phenoxy) is 2. The standard InChI is InChI=1S/C37H50FN5O10S/c1-7-21(3)30(44)15-14-28(39-34(48)53-36(4,5)6)32(46)43-19-24(52-35(49)42-18-22-10-9-11-27(38)26(22)20-42)16-29(43)31(45)40-37(17-23(37)8-2)33(47)41-54(50,51)25-12-13-25/h7,9-11,23-25,28-29H,8,12-20H2,1-6H3,(H,39,48)(H,40,45)(H,41,47)/b21-7+/t23?,24-,28+,29?,37-/m1/s1. The Balaban J connectivity index is 1.39. The first-order valence-corrected chi connectivity index (χ1v) is 19.9. The molecule has 2 saturated carbocycles.